The standard InChI is InChI=1S/C20H21ClFN3O.C9H17N.C2H6.CH3NO/c21-19-17(24-20(25-19)14-9-11-15(22)12-10-14)6-3-1-2-4-8-18(26)16-7-5-13-23-16;1-2-10-7-5-9(3-4-9)6-8-10;1-2;2-1-3/h5,9-13H,1-4,6-8H2,(H,24,25);2-8H2,1H3;1-2H3;1H,(H2,2,3). The number of primary amides is 1. The SMILES string of the molecule is CC.CCN1CCC2(CC1)CC2.NC=O.O=C(CCCCCCc1[nH]c(-c2ccc(F)cc2)nc1Cl)C1=NC=CC1. The number of aliphatic imine (C=N–C) groups is 1. The van der Waals surface area contributed by atoms with Crippen LogP contribution in [0.15, 0.2) is 41.5 Å². The molecule has 226 valence electrons. The Morgan fingerprint density at radius 2 is 1.73 bits per heavy atom. The van der Waals surface area contributed by atoms with Crippen molar-refractivity contribution < 1.29 is 14.0 Å². The van der Waals surface area contributed by atoms with Gasteiger partial charge in [0.2, 0.25) is 6.41 Å². The first kappa shape index (κ1) is 34.4. The van der Waals surface area contributed by atoms with Crippen LogP contribution in [0.3, 0.4) is 0 Å². The molecule has 3 aliphatic rings. The molecule has 2 aromatic rings. The Labute approximate surface area is 249 Å². The number of nitrogens with one attached hydrogen (secondary N) is 1. The predicted molar refractivity (Wildman–Crippen MR) is 167 cm³/mol. The quantitative estimate of drug-likeness (QED) is 0.225. The molecule has 5 rings (SSSR count). The number of halogens is 2. The topological polar surface area (TPSA) is 104 Å². The molecule has 0 atom stereocenters. The van der Waals surface area contributed by atoms with Gasteiger partial charge in [0.15, 0.2) is 10.9 Å². The molecule has 1 saturated heterocycles. The highest BCUT2D eigenvalue weighted by Crippen LogP contribution is 2.53. The number of carbonyl (C=O) groups is 2. The van der Waals surface area contributed by atoms with Crippen molar-refractivity contribution in [3.63, 3.8) is 0 Å². The maximum Gasteiger partial charge on any atom is 0.204 e. The third kappa shape index (κ3) is 11.9. The Balaban J connectivity index is 0.000000322. The fraction of sp³-hybridized carbons (Fsp3) is 0.562. The average molecular weight is 588 g/mol. The first-order valence-electron chi connectivity index (χ1n) is 15.0. The fourth-order valence-corrected chi connectivity index (χ4v) is 5.18. The molecule has 1 aromatic carbocycles. The fourth-order valence-electron chi connectivity index (χ4n) is 4.95. The highest BCUT2D eigenvalue weighted by molar-refractivity contribution is 6.40. The molecule has 1 aromatic heterocycles. The van der Waals surface area contributed by atoms with E-state index in [0.29, 0.717) is 29.5 Å². The Hall–Kier alpha value is -2.84. The van der Waals surface area contributed by atoms with Crippen molar-refractivity contribution >= 4 is 29.5 Å². The highest BCUT2D eigenvalue weighted by atomic mass is 35.5. The van der Waals surface area contributed by atoms with Crippen molar-refractivity contribution in [2.45, 2.75) is 91.4 Å². The number of aryl methyl sites for hydroxylation is 1. The van der Waals surface area contributed by atoms with Gasteiger partial charge in [-0.1, -0.05) is 51.3 Å². The lowest BCUT2D eigenvalue weighted by Gasteiger charge is -2.30. The largest absolute Gasteiger partial charge is 0.372 e. The number of rotatable bonds is 10. The summed E-state index contributed by atoms with van der Waals surface area (Å²) in [6, 6.07) is 6.16. The van der Waals surface area contributed by atoms with E-state index < -0.39 is 0 Å². The Morgan fingerprint density at radius 1 is 1.10 bits per heavy atom. The number of aromatic amines is 1. The van der Waals surface area contributed by atoms with Gasteiger partial charge in [0.05, 0.1) is 11.4 Å². The first-order chi connectivity index (χ1) is 19.9. The summed E-state index contributed by atoms with van der Waals surface area (Å²) in [7, 11) is 0. The van der Waals surface area contributed by atoms with Crippen LogP contribution in [0, 0.1) is 11.2 Å². The van der Waals surface area contributed by atoms with Crippen molar-refractivity contribution in [3.8, 4) is 11.4 Å². The lowest BCUT2D eigenvalue weighted by atomic mass is 9.94. The van der Waals surface area contributed by atoms with Crippen molar-refractivity contribution in [1.29, 1.82) is 0 Å². The van der Waals surface area contributed by atoms with Gasteiger partial charge in [-0.3, -0.25) is 14.6 Å². The number of amides is 1. The molecule has 0 radical (unpaired) electrons. The molecule has 1 amide bonds. The molecule has 7 nitrogen and oxygen atoms in total. The van der Waals surface area contributed by atoms with Gasteiger partial charge in [-0.05, 0) is 94.3 Å². The van der Waals surface area contributed by atoms with E-state index in [0.717, 1.165) is 48.8 Å². The molecule has 0 unspecified atom stereocenters. The number of likely N-dealkylation sites (tertiary alicyclic amines) is 1. The highest BCUT2D eigenvalue weighted by Gasteiger charge is 2.43. The summed E-state index contributed by atoms with van der Waals surface area (Å²) < 4.78 is 13.0. The second-order valence-electron chi connectivity index (χ2n) is 10.4. The Kier molecular flexibility index (Phi) is 15.6. The first-order valence-corrected chi connectivity index (χ1v) is 15.4. The molecule has 3 N–H and O–H groups in total. The van der Waals surface area contributed by atoms with E-state index in [-0.39, 0.29) is 18.0 Å². The van der Waals surface area contributed by atoms with E-state index in [1.807, 2.05) is 19.9 Å². The second-order valence-corrected chi connectivity index (χ2v) is 10.8. The average Bonchev–Trinajstić information content (AvgIpc) is 3.35. The third-order valence-electron chi connectivity index (χ3n) is 7.72. The zero-order valence-electron chi connectivity index (χ0n) is 24.9. The minimum absolute atomic E-state index is 0.163. The number of aromatic nitrogens is 2. The van der Waals surface area contributed by atoms with Crippen LogP contribution in [-0.4, -0.2) is 52.4 Å². The minimum Gasteiger partial charge on any atom is -0.372 e. The van der Waals surface area contributed by atoms with E-state index in [4.69, 9.17) is 16.4 Å². The maximum atomic E-state index is 13.0. The molecule has 2 aliphatic heterocycles. The molecule has 0 bridgehead atoms. The molecule has 2 fully saturated rings. The van der Waals surface area contributed by atoms with Crippen LogP contribution in [-0.2, 0) is 16.0 Å². The Morgan fingerprint density at radius 3 is 2.29 bits per heavy atom. The number of unbranched alkanes of at least 4 members (excludes halogenated alkanes) is 3. The zero-order valence-corrected chi connectivity index (χ0v) is 25.7. The molecular weight excluding hydrogens is 541 g/mol. The van der Waals surface area contributed by atoms with Crippen LogP contribution >= 0.6 is 11.6 Å². The predicted octanol–water partition coefficient (Wildman–Crippen LogP) is 7.30. The van der Waals surface area contributed by atoms with Crippen LogP contribution in [0.4, 0.5) is 4.39 Å². The van der Waals surface area contributed by atoms with E-state index in [1.54, 1.807) is 18.3 Å². The molecule has 3 heterocycles. The zero-order chi connectivity index (χ0) is 30.1. The van der Waals surface area contributed by atoms with Gasteiger partial charge in [-0.15, -0.1) is 0 Å². The van der Waals surface area contributed by atoms with E-state index in [9.17, 15) is 9.18 Å². The number of nitrogens with two attached hydrogens (primary N) is 1. The summed E-state index contributed by atoms with van der Waals surface area (Å²) in [6.45, 7) is 10.3. The Bertz CT molecular complexity index is 1120. The van der Waals surface area contributed by atoms with Gasteiger partial charge >= 0.3 is 0 Å². The number of benzene rings is 1. The molecule has 9 heteroatoms. The number of piperidine rings is 1. The van der Waals surface area contributed by atoms with Crippen LogP contribution < -0.4 is 5.73 Å². The van der Waals surface area contributed by atoms with Crippen LogP contribution in [0.1, 0.15) is 90.7 Å². The van der Waals surface area contributed by atoms with Gasteiger partial charge in [-0.25, -0.2) is 9.37 Å². The summed E-state index contributed by atoms with van der Waals surface area (Å²) in [5.74, 6) is 0.540. The molecule has 1 aliphatic carbocycles. The number of ketones is 1. The number of imidazole rings is 1. The van der Waals surface area contributed by atoms with E-state index in [1.165, 1.54) is 57.5 Å². The lowest BCUT2D eigenvalue weighted by Crippen LogP contribution is -2.34. The van der Waals surface area contributed by atoms with Crippen molar-refractivity contribution in [2.24, 2.45) is 16.1 Å². The normalized spacial score (nSPS) is 16.4. The summed E-state index contributed by atoms with van der Waals surface area (Å²) in [5.41, 5.74) is 7.42. The summed E-state index contributed by atoms with van der Waals surface area (Å²) in [5, 5.41) is 0.464. The monoisotopic (exact) mass is 587 g/mol. The van der Waals surface area contributed by atoms with Crippen LogP contribution in [0.25, 0.3) is 11.4 Å². The third-order valence-corrected chi connectivity index (χ3v) is 8.03. The maximum absolute atomic E-state index is 13.0. The van der Waals surface area contributed by atoms with Gasteiger partial charge in [0.25, 0.3) is 0 Å². The van der Waals surface area contributed by atoms with E-state index >= 15 is 0 Å². The van der Waals surface area contributed by atoms with Gasteiger partial charge in [0.1, 0.15) is 11.6 Å². The number of nitrogens with zero attached hydrogens (tertiary/aromatic N) is 3. The number of allylic oxidation sites excluding steroid dienone is 1. The molecule has 1 spiro atoms. The van der Waals surface area contributed by atoms with Crippen molar-refractivity contribution in [2.75, 3.05) is 19.6 Å². The second kappa shape index (κ2) is 18.6. The van der Waals surface area contributed by atoms with E-state index in [2.05, 4.69) is 32.5 Å². The number of carbonyl (C=O) groups excluding carboxylic acids is 2. The van der Waals surface area contributed by atoms with Crippen molar-refractivity contribution in [1.82, 2.24) is 14.9 Å². The minimum atomic E-state index is -0.277. The summed E-state index contributed by atoms with van der Waals surface area (Å²) in [6.07, 6.45) is 15.8. The number of hydrogen-bond acceptors (Lipinski definition) is 5. The lowest BCUT2D eigenvalue weighted by molar-refractivity contribution is -0.113. The molecule has 41 heavy (non-hydrogen) atoms. The van der Waals surface area contributed by atoms with Gasteiger partial charge in [-0.2, -0.15) is 0 Å². The van der Waals surface area contributed by atoms with Crippen LogP contribution in [0.5, 0.6) is 0 Å². The number of Topliss-reactive ketones (excluding diaryl/α,β-unsaturated/α-hetero) is 1. The molecule has 1 saturated carbocycles. The summed E-state index contributed by atoms with van der Waals surface area (Å²) >= 11 is 6.20. The smallest absolute Gasteiger partial charge is 0.204 e. The number of hydrogen-bond donors (Lipinski definition) is 2. The van der Waals surface area contributed by atoms with Gasteiger partial charge in [0, 0.05) is 24.6 Å². The summed E-state index contributed by atoms with van der Waals surface area (Å²) in [4.78, 5) is 34.6. The van der Waals surface area contributed by atoms with Gasteiger partial charge < -0.3 is 15.6 Å². The number of H-pyrrole nitrogens is 1. The molecular formula is C32H47ClFN5O2. The van der Waals surface area contributed by atoms with Crippen LogP contribution in [0.2, 0.25) is 5.15 Å². The van der Waals surface area contributed by atoms with Crippen molar-refractivity contribution in [3.05, 3.63) is 53.2 Å².